The molecule has 1 aromatic rings. The van der Waals surface area contributed by atoms with Gasteiger partial charge in [-0.05, 0) is 43.4 Å². The molecular weight excluding hydrogens is 256 g/mol. The molecule has 0 aliphatic carbocycles. The monoisotopic (exact) mass is 278 g/mol. The van der Waals surface area contributed by atoms with E-state index >= 15 is 0 Å². The van der Waals surface area contributed by atoms with E-state index in [0.29, 0.717) is 30.4 Å². The van der Waals surface area contributed by atoms with E-state index in [1.807, 2.05) is 18.2 Å². The van der Waals surface area contributed by atoms with Crippen molar-refractivity contribution in [3.05, 3.63) is 23.8 Å². The van der Waals surface area contributed by atoms with Crippen LogP contribution in [0.2, 0.25) is 0 Å². The van der Waals surface area contributed by atoms with E-state index in [1.165, 1.54) is 12.5 Å². The van der Waals surface area contributed by atoms with Gasteiger partial charge in [0.1, 0.15) is 11.9 Å². The second-order valence-corrected chi connectivity index (χ2v) is 5.28. The summed E-state index contributed by atoms with van der Waals surface area (Å²) >= 11 is 0. The van der Waals surface area contributed by atoms with Crippen LogP contribution in [0.15, 0.2) is 18.2 Å². The molecule has 0 bridgehead atoms. The topological polar surface area (TPSA) is 75.8 Å². The summed E-state index contributed by atoms with van der Waals surface area (Å²) in [6, 6.07) is 5.86. The first-order chi connectivity index (χ1) is 9.52. The van der Waals surface area contributed by atoms with E-state index < -0.39 is 6.10 Å². The fourth-order valence-electron chi connectivity index (χ4n) is 2.68. The number of ether oxygens (including phenoxy) is 1. The lowest BCUT2D eigenvalue weighted by Gasteiger charge is -2.33. The summed E-state index contributed by atoms with van der Waals surface area (Å²) in [7, 11) is 1.61. The molecule has 0 saturated carbocycles. The smallest absolute Gasteiger partial charge is 0.251 e. The van der Waals surface area contributed by atoms with Crippen molar-refractivity contribution < 1.29 is 14.6 Å². The maximum absolute atomic E-state index is 11.7. The first-order valence-electron chi connectivity index (χ1n) is 6.93. The van der Waals surface area contributed by atoms with Gasteiger partial charge in [0.25, 0.3) is 5.91 Å². The Morgan fingerprint density at radius 2 is 2.10 bits per heavy atom. The highest BCUT2D eigenvalue weighted by atomic mass is 16.5. The van der Waals surface area contributed by atoms with Gasteiger partial charge in [-0.15, -0.1) is 0 Å². The largest absolute Gasteiger partial charge is 0.495 e. The van der Waals surface area contributed by atoms with Gasteiger partial charge >= 0.3 is 0 Å². The molecule has 2 rings (SSSR count). The number of rotatable bonds is 3. The fraction of sp³-hybridized carbons (Fsp3) is 0.533. The zero-order valence-corrected chi connectivity index (χ0v) is 12.0. The molecule has 3 N–H and O–H groups in total. The minimum atomic E-state index is -0.914. The maximum Gasteiger partial charge on any atom is 0.251 e. The van der Waals surface area contributed by atoms with Crippen LogP contribution in [0.5, 0.6) is 5.75 Å². The van der Waals surface area contributed by atoms with Gasteiger partial charge in [0.15, 0.2) is 0 Å². The van der Waals surface area contributed by atoms with E-state index in [2.05, 4.69) is 0 Å². The number of piperidine rings is 1. The number of aliphatic hydroxyl groups excluding tert-OH is 1. The number of benzene rings is 1. The number of methoxy groups -OCH3 is 1. The number of amides is 1. The fourth-order valence-corrected chi connectivity index (χ4v) is 2.68. The van der Waals surface area contributed by atoms with Crippen molar-refractivity contribution in [2.75, 3.05) is 25.9 Å². The second-order valence-electron chi connectivity index (χ2n) is 5.28. The van der Waals surface area contributed by atoms with Crippen molar-refractivity contribution >= 4 is 11.6 Å². The highest BCUT2D eigenvalue weighted by molar-refractivity contribution is 5.80. The number of nitrogens with zero attached hydrogens (tertiary/aromatic N) is 1. The van der Waals surface area contributed by atoms with Crippen molar-refractivity contribution in [2.45, 2.75) is 31.8 Å². The van der Waals surface area contributed by atoms with E-state index in [9.17, 15) is 9.90 Å². The number of carbonyl (C=O) groups excluding carboxylic acids is 1. The molecular formula is C15H22N2O3. The van der Waals surface area contributed by atoms with Crippen LogP contribution >= 0.6 is 0 Å². The Kier molecular flexibility index (Phi) is 4.49. The first-order valence-corrected chi connectivity index (χ1v) is 6.93. The number of aliphatic hydroxyl groups is 1. The molecule has 0 spiro atoms. The number of likely N-dealkylation sites (tertiary alicyclic amines) is 1. The molecule has 1 atom stereocenters. The highest BCUT2D eigenvalue weighted by Gasteiger charge is 2.26. The molecule has 20 heavy (non-hydrogen) atoms. The minimum absolute atomic E-state index is 0.182. The first kappa shape index (κ1) is 14.7. The molecule has 5 nitrogen and oxygen atoms in total. The number of nitrogens with two attached hydrogens (primary N) is 1. The third kappa shape index (κ3) is 3.04. The summed E-state index contributed by atoms with van der Waals surface area (Å²) < 4.78 is 5.24. The second kappa shape index (κ2) is 6.13. The van der Waals surface area contributed by atoms with Crippen molar-refractivity contribution in [3.8, 4) is 5.75 Å². The Morgan fingerprint density at radius 1 is 1.45 bits per heavy atom. The lowest BCUT2D eigenvalue weighted by atomic mass is 9.89. The number of anilines is 1. The predicted molar refractivity (Wildman–Crippen MR) is 77.6 cm³/mol. The van der Waals surface area contributed by atoms with Gasteiger partial charge in [-0.2, -0.15) is 0 Å². The summed E-state index contributed by atoms with van der Waals surface area (Å²) in [6.45, 7) is 2.88. The Hall–Kier alpha value is -1.75. The molecule has 110 valence electrons. The highest BCUT2D eigenvalue weighted by Crippen LogP contribution is 2.32. The van der Waals surface area contributed by atoms with Crippen molar-refractivity contribution in [3.63, 3.8) is 0 Å². The summed E-state index contributed by atoms with van der Waals surface area (Å²) in [6.07, 6.45) is 0.875. The predicted octanol–water partition coefficient (Wildman–Crippen LogP) is 1.36. The quantitative estimate of drug-likeness (QED) is 0.819. The molecule has 1 fully saturated rings. The van der Waals surface area contributed by atoms with Gasteiger partial charge in [-0.1, -0.05) is 6.07 Å². The molecule has 1 amide bonds. The average molecular weight is 278 g/mol. The van der Waals surface area contributed by atoms with Crippen LogP contribution in [-0.4, -0.2) is 42.2 Å². The normalized spacial score (nSPS) is 17.9. The van der Waals surface area contributed by atoms with Gasteiger partial charge in [0, 0.05) is 13.1 Å². The Morgan fingerprint density at radius 3 is 2.65 bits per heavy atom. The van der Waals surface area contributed by atoms with Crippen LogP contribution in [0, 0.1) is 0 Å². The van der Waals surface area contributed by atoms with Crippen LogP contribution in [0.3, 0.4) is 0 Å². The number of carbonyl (C=O) groups is 1. The molecule has 1 aliphatic rings. The third-order valence-corrected chi connectivity index (χ3v) is 3.89. The molecule has 1 aromatic carbocycles. The van der Waals surface area contributed by atoms with Crippen LogP contribution in [0.4, 0.5) is 5.69 Å². The summed E-state index contributed by atoms with van der Waals surface area (Å²) in [5.74, 6) is 0.922. The lowest BCUT2D eigenvalue weighted by Crippen LogP contribution is -2.42. The molecule has 1 saturated heterocycles. The van der Waals surface area contributed by atoms with Gasteiger partial charge in [-0.25, -0.2) is 0 Å². The molecule has 1 aliphatic heterocycles. The third-order valence-electron chi connectivity index (χ3n) is 3.89. The Bertz CT molecular complexity index is 480. The van der Waals surface area contributed by atoms with Gasteiger partial charge in [0.2, 0.25) is 0 Å². The maximum atomic E-state index is 11.7. The zero-order chi connectivity index (χ0) is 14.7. The Labute approximate surface area is 119 Å². The Balaban J connectivity index is 2.02. The molecule has 0 unspecified atom stereocenters. The number of hydrogen-bond acceptors (Lipinski definition) is 4. The van der Waals surface area contributed by atoms with E-state index in [0.717, 1.165) is 12.8 Å². The van der Waals surface area contributed by atoms with Crippen LogP contribution in [-0.2, 0) is 4.79 Å². The van der Waals surface area contributed by atoms with Crippen LogP contribution in [0.1, 0.15) is 31.2 Å². The van der Waals surface area contributed by atoms with Gasteiger partial charge in [-0.3, -0.25) is 4.79 Å². The molecule has 0 aromatic heterocycles. The molecule has 5 heteroatoms. The standard InChI is InChI=1S/C15H22N2O3/c1-10(18)15(19)17-7-5-11(6-8-17)12-3-4-13(16)14(9-12)20-2/h3-4,9-11,18H,5-8,16H2,1-2H3/t10-/m1/s1. The van der Waals surface area contributed by atoms with Gasteiger partial charge < -0.3 is 20.5 Å². The summed E-state index contributed by atoms with van der Waals surface area (Å²) in [5, 5.41) is 9.33. The summed E-state index contributed by atoms with van der Waals surface area (Å²) in [5.41, 5.74) is 7.65. The number of hydrogen-bond donors (Lipinski definition) is 2. The minimum Gasteiger partial charge on any atom is -0.495 e. The van der Waals surface area contributed by atoms with Crippen molar-refractivity contribution in [2.24, 2.45) is 0 Å². The van der Waals surface area contributed by atoms with Crippen LogP contribution in [0.25, 0.3) is 0 Å². The lowest BCUT2D eigenvalue weighted by molar-refractivity contribution is -0.140. The number of nitrogen functional groups attached to an aromatic ring is 1. The van der Waals surface area contributed by atoms with Crippen LogP contribution < -0.4 is 10.5 Å². The zero-order valence-electron chi connectivity index (χ0n) is 12.0. The molecule has 1 heterocycles. The van der Waals surface area contributed by atoms with Gasteiger partial charge in [0.05, 0.1) is 12.8 Å². The van der Waals surface area contributed by atoms with E-state index in [-0.39, 0.29) is 5.91 Å². The molecule has 0 radical (unpaired) electrons. The average Bonchev–Trinajstić information content (AvgIpc) is 2.47. The van der Waals surface area contributed by atoms with Crippen molar-refractivity contribution in [1.82, 2.24) is 4.90 Å². The summed E-state index contributed by atoms with van der Waals surface area (Å²) in [4.78, 5) is 13.5. The van der Waals surface area contributed by atoms with Crippen molar-refractivity contribution in [1.29, 1.82) is 0 Å². The SMILES string of the molecule is COc1cc(C2CCN(C(=O)[C@@H](C)O)CC2)ccc1N. The van der Waals surface area contributed by atoms with E-state index in [4.69, 9.17) is 10.5 Å². The van der Waals surface area contributed by atoms with E-state index in [1.54, 1.807) is 12.0 Å².